The minimum absolute atomic E-state index is 0.0355. The molecule has 0 saturated heterocycles. The second kappa shape index (κ2) is 12.0. The molecular weight excluding hydrogens is 410 g/mol. The first-order valence-corrected chi connectivity index (χ1v) is 10.2. The molecule has 0 saturated carbocycles. The lowest BCUT2D eigenvalue weighted by Gasteiger charge is -2.12. The van der Waals surface area contributed by atoms with Crippen LogP contribution in [0.25, 0.3) is 0 Å². The third kappa shape index (κ3) is 7.71. The molecule has 2 aromatic rings. The molecule has 0 aliphatic carbocycles. The van der Waals surface area contributed by atoms with Crippen LogP contribution < -0.4 is 20.9 Å². The highest BCUT2D eigenvalue weighted by atomic mass is 35.5. The van der Waals surface area contributed by atoms with Crippen LogP contribution in [0, 0.1) is 0 Å². The summed E-state index contributed by atoms with van der Waals surface area (Å²) < 4.78 is 5.66. The number of hydrogen-bond donors (Lipinski definition) is 3. The van der Waals surface area contributed by atoms with E-state index >= 15 is 0 Å². The van der Waals surface area contributed by atoms with Gasteiger partial charge in [-0.2, -0.15) is 0 Å². The first-order chi connectivity index (χ1) is 14.0. The Morgan fingerprint density at radius 3 is 2.38 bits per heavy atom. The Hall–Kier alpha value is -2.64. The van der Waals surface area contributed by atoms with E-state index in [4.69, 9.17) is 28.6 Å². The van der Waals surface area contributed by atoms with Gasteiger partial charge in [0.15, 0.2) is 5.11 Å². The van der Waals surface area contributed by atoms with Gasteiger partial charge in [0.05, 0.1) is 17.2 Å². The van der Waals surface area contributed by atoms with Gasteiger partial charge in [0.1, 0.15) is 5.75 Å². The maximum atomic E-state index is 12.3. The van der Waals surface area contributed by atoms with Gasteiger partial charge in [-0.3, -0.25) is 25.8 Å². The second-order valence-electron chi connectivity index (χ2n) is 6.28. The number of amides is 2. The SMILES string of the molecule is CCCCCCOc1ccc(C(=O)NC(=S)NNC(=O)c2ccccc2Cl)cc1. The molecule has 2 amide bonds. The Morgan fingerprint density at radius 1 is 0.966 bits per heavy atom. The molecule has 0 fully saturated rings. The van der Waals surface area contributed by atoms with Gasteiger partial charge in [-0.05, 0) is 55.0 Å². The van der Waals surface area contributed by atoms with Crippen molar-refractivity contribution in [2.45, 2.75) is 32.6 Å². The van der Waals surface area contributed by atoms with E-state index in [-0.39, 0.29) is 5.11 Å². The minimum Gasteiger partial charge on any atom is -0.494 e. The zero-order chi connectivity index (χ0) is 21.1. The zero-order valence-electron chi connectivity index (χ0n) is 16.2. The molecule has 0 aliphatic heterocycles. The van der Waals surface area contributed by atoms with Crippen molar-refractivity contribution in [1.82, 2.24) is 16.2 Å². The lowest BCUT2D eigenvalue weighted by molar-refractivity contribution is 0.0934. The van der Waals surface area contributed by atoms with Gasteiger partial charge in [0, 0.05) is 5.56 Å². The maximum absolute atomic E-state index is 12.3. The minimum atomic E-state index is -0.465. The predicted molar refractivity (Wildman–Crippen MR) is 118 cm³/mol. The summed E-state index contributed by atoms with van der Waals surface area (Å²) >= 11 is 11.0. The highest BCUT2D eigenvalue weighted by Crippen LogP contribution is 2.14. The highest BCUT2D eigenvalue weighted by molar-refractivity contribution is 7.80. The van der Waals surface area contributed by atoms with Crippen molar-refractivity contribution in [3.63, 3.8) is 0 Å². The van der Waals surface area contributed by atoms with Gasteiger partial charge in [-0.25, -0.2) is 0 Å². The molecule has 0 aromatic heterocycles. The van der Waals surface area contributed by atoms with E-state index in [1.54, 1.807) is 48.5 Å². The number of halogens is 1. The van der Waals surface area contributed by atoms with Crippen LogP contribution in [0.3, 0.4) is 0 Å². The Bertz CT molecular complexity index is 843. The molecule has 0 unspecified atom stereocenters. The molecule has 2 aromatic carbocycles. The lowest BCUT2D eigenvalue weighted by Crippen LogP contribution is -2.48. The topological polar surface area (TPSA) is 79.5 Å². The summed E-state index contributed by atoms with van der Waals surface area (Å²) in [5.74, 6) is -0.151. The van der Waals surface area contributed by atoms with Crippen LogP contribution in [-0.2, 0) is 0 Å². The van der Waals surface area contributed by atoms with E-state index in [0.29, 0.717) is 28.5 Å². The third-order valence-electron chi connectivity index (χ3n) is 4.02. The predicted octanol–water partition coefficient (Wildman–Crippen LogP) is 4.25. The molecule has 0 heterocycles. The molecule has 29 heavy (non-hydrogen) atoms. The van der Waals surface area contributed by atoms with Crippen molar-refractivity contribution in [3.8, 4) is 5.75 Å². The first kappa shape index (κ1) is 22.6. The Balaban J connectivity index is 1.76. The van der Waals surface area contributed by atoms with E-state index in [9.17, 15) is 9.59 Å². The standard InChI is InChI=1S/C21H24ClN3O3S/c1-2-3-4-7-14-28-16-12-10-15(11-13-16)19(26)23-21(29)25-24-20(27)17-8-5-6-9-18(17)22/h5-6,8-13H,2-4,7,14H2,1H3,(H,24,27)(H2,23,25,26,29). The fourth-order valence-electron chi connectivity index (χ4n) is 2.45. The van der Waals surface area contributed by atoms with Gasteiger partial charge in [-0.1, -0.05) is 49.9 Å². The molecule has 0 spiro atoms. The van der Waals surface area contributed by atoms with Crippen molar-refractivity contribution in [3.05, 3.63) is 64.7 Å². The molecule has 0 radical (unpaired) electrons. The number of benzene rings is 2. The molecule has 0 atom stereocenters. The van der Waals surface area contributed by atoms with Crippen LogP contribution in [-0.4, -0.2) is 23.5 Å². The van der Waals surface area contributed by atoms with E-state index < -0.39 is 11.8 Å². The quantitative estimate of drug-likeness (QED) is 0.329. The van der Waals surface area contributed by atoms with Crippen LogP contribution in [0.1, 0.15) is 53.3 Å². The van der Waals surface area contributed by atoms with Gasteiger partial charge in [-0.15, -0.1) is 0 Å². The summed E-state index contributed by atoms with van der Waals surface area (Å²) in [6, 6.07) is 13.4. The molecule has 6 nitrogen and oxygen atoms in total. The molecule has 0 bridgehead atoms. The number of thiocarbonyl (C=S) groups is 1. The van der Waals surface area contributed by atoms with Crippen LogP contribution in [0.2, 0.25) is 5.02 Å². The van der Waals surface area contributed by atoms with Crippen molar-refractivity contribution >= 4 is 40.7 Å². The average molecular weight is 434 g/mol. The molecule has 0 aliphatic rings. The number of ether oxygens (including phenoxy) is 1. The van der Waals surface area contributed by atoms with Gasteiger partial charge in [0.25, 0.3) is 11.8 Å². The average Bonchev–Trinajstić information content (AvgIpc) is 2.72. The molecule has 154 valence electrons. The zero-order valence-corrected chi connectivity index (χ0v) is 17.7. The van der Waals surface area contributed by atoms with Gasteiger partial charge < -0.3 is 4.74 Å². The molecular formula is C21H24ClN3O3S. The number of hydrazine groups is 1. The van der Waals surface area contributed by atoms with Gasteiger partial charge in [0.2, 0.25) is 0 Å². The molecule has 8 heteroatoms. The summed E-state index contributed by atoms with van der Waals surface area (Å²) in [5.41, 5.74) is 5.59. The monoisotopic (exact) mass is 433 g/mol. The summed E-state index contributed by atoms with van der Waals surface area (Å²) in [6.07, 6.45) is 4.55. The summed E-state index contributed by atoms with van der Waals surface area (Å²) in [6.45, 7) is 2.82. The Morgan fingerprint density at radius 2 is 1.69 bits per heavy atom. The van der Waals surface area contributed by atoms with E-state index in [2.05, 4.69) is 23.1 Å². The van der Waals surface area contributed by atoms with Crippen LogP contribution in [0.4, 0.5) is 0 Å². The maximum Gasteiger partial charge on any atom is 0.271 e. The van der Waals surface area contributed by atoms with Gasteiger partial charge >= 0.3 is 0 Å². The fourth-order valence-corrected chi connectivity index (χ4v) is 2.82. The number of hydrogen-bond acceptors (Lipinski definition) is 4. The van der Waals surface area contributed by atoms with Crippen molar-refractivity contribution in [2.24, 2.45) is 0 Å². The number of rotatable bonds is 8. The second-order valence-corrected chi connectivity index (χ2v) is 7.09. The smallest absolute Gasteiger partial charge is 0.271 e. The summed E-state index contributed by atoms with van der Waals surface area (Å²) in [5, 5.41) is 2.78. The third-order valence-corrected chi connectivity index (χ3v) is 4.55. The number of carbonyl (C=O) groups is 2. The fraction of sp³-hybridized carbons (Fsp3) is 0.286. The normalized spacial score (nSPS) is 10.1. The van der Waals surface area contributed by atoms with E-state index in [1.165, 1.54) is 12.8 Å². The summed E-state index contributed by atoms with van der Waals surface area (Å²) in [4.78, 5) is 24.3. The number of carbonyl (C=O) groups excluding carboxylic acids is 2. The summed E-state index contributed by atoms with van der Waals surface area (Å²) in [7, 11) is 0. The Labute approximate surface area is 180 Å². The largest absolute Gasteiger partial charge is 0.494 e. The Kier molecular flexibility index (Phi) is 9.40. The van der Waals surface area contributed by atoms with Crippen LogP contribution in [0.15, 0.2) is 48.5 Å². The number of nitrogens with one attached hydrogen (secondary N) is 3. The lowest BCUT2D eigenvalue weighted by atomic mass is 10.2. The number of unbranched alkanes of at least 4 members (excludes halogenated alkanes) is 3. The van der Waals surface area contributed by atoms with Crippen molar-refractivity contribution < 1.29 is 14.3 Å². The van der Waals surface area contributed by atoms with Crippen molar-refractivity contribution in [2.75, 3.05) is 6.61 Å². The van der Waals surface area contributed by atoms with Crippen LogP contribution in [0.5, 0.6) is 5.75 Å². The van der Waals surface area contributed by atoms with E-state index in [0.717, 1.165) is 12.8 Å². The molecule has 2 rings (SSSR count). The molecule has 3 N–H and O–H groups in total. The first-order valence-electron chi connectivity index (χ1n) is 9.40. The van der Waals surface area contributed by atoms with E-state index in [1.807, 2.05) is 0 Å². The van der Waals surface area contributed by atoms with Crippen molar-refractivity contribution in [1.29, 1.82) is 0 Å². The van der Waals surface area contributed by atoms with Crippen LogP contribution >= 0.6 is 23.8 Å². The highest BCUT2D eigenvalue weighted by Gasteiger charge is 2.11.